The van der Waals surface area contributed by atoms with Gasteiger partial charge < -0.3 is 4.57 Å². The quantitative estimate of drug-likeness (QED) is 0.844. The fourth-order valence-electron chi connectivity index (χ4n) is 3.30. The number of halogens is 1. The first-order chi connectivity index (χ1) is 10.7. The Bertz CT molecular complexity index is 591. The van der Waals surface area contributed by atoms with Gasteiger partial charge in [-0.25, -0.2) is 9.37 Å². The summed E-state index contributed by atoms with van der Waals surface area (Å²) in [5, 5.41) is 0. The highest BCUT2D eigenvalue weighted by Crippen LogP contribution is 2.22. The molecule has 0 N–H and O–H groups in total. The number of nitrogens with zero attached hydrogens (tertiary/aromatic N) is 3. The van der Waals surface area contributed by atoms with Crippen LogP contribution in [0, 0.1) is 11.7 Å². The van der Waals surface area contributed by atoms with E-state index in [-0.39, 0.29) is 5.82 Å². The normalized spacial score (nSPS) is 19.5. The number of hydrogen-bond acceptors (Lipinski definition) is 2. The van der Waals surface area contributed by atoms with Crippen LogP contribution in [0.5, 0.6) is 0 Å². The maximum atomic E-state index is 12.9. The van der Waals surface area contributed by atoms with Crippen molar-refractivity contribution in [2.45, 2.75) is 32.2 Å². The number of piperidine rings is 1. The minimum Gasteiger partial charge on any atom is -0.337 e. The average molecular weight is 301 g/mol. The van der Waals surface area contributed by atoms with Gasteiger partial charge in [-0.15, -0.1) is 0 Å². The molecular formula is C18H24FN3. The van der Waals surface area contributed by atoms with Gasteiger partial charge in [-0.2, -0.15) is 0 Å². The molecule has 0 saturated carbocycles. The molecule has 1 aromatic carbocycles. The Morgan fingerprint density at radius 1 is 1.27 bits per heavy atom. The molecule has 0 unspecified atom stereocenters. The molecule has 1 fully saturated rings. The Balaban J connectivity index is 1.50. The van der Waals surface area contributed by atoms with E-state index in [1.54, 1.807) is 12.1 Å². The molecule has 0 amide bonds. The van der Waals surface area contributed by atoms with E-state index < -0.39 is 0 Å². The van der Waals surface area contributed by atoms with E-state index in [1.165, 1.54) is 31.4 Å². The van der Waals surface area contributed by atoms with Crippen molar-refractivity contribution >= 4 is 0 Å². The standard InChI is InChI=1S/C18H24FN3/c1-21-12-10-20-18(21)14-22-11-2-3-16(13-22)5-4-15-6-8-17(19)9-7-15/h6-10,12,16H,2-5,11,13-14H2,1H3/t16-/m1/s1. The van der Waals surface area contributed by atoms with Crippen molar-refractivity contribution < 1.29 is 4.39 Å². The van der Waals surface area contributed by atoms with Crippen molar-refractivity contribution in [1.29, 1.82) is 0 Å². The van der Waals surface area contributed by atoms with Gasteiger partial charge in [0.25, 0.3) is 0 Å². The van der Waals surface area contributed by atoms with Gasteiger partial charge in [0.1, 0.15) is 11.6 Å². The van der Waals surface area contributed by atoms with Crippen LogP contribution in [0.25, 0.3) is 0 Å². The molecule has 3 nitrogen and oxygen atoms in total. The highest BCUT2D eigenvalue weighted by Gasteiger charge is 2.20. The van der Waals surface area contributed by atoms with Crippen molar-refractivity contribution in [2.24, 2.45) is 13.0 Å². The molecule has 1 aliphatic heterocycles. The van der Waals surface area contributed by atoms with Crippen LogP contribution in [0.1, 0.15) is 30.7 Å². The molecule has 2 aromatic rings. The Labute approximate surface area is 131 Å². The molecule has 1 aliphatic rings. The van der Waals surface area contributed by atoms with Gasteiger partial charge in [-0.1, -0.05) is 12.1 Å². The molecule has 3 rings (SSSR count). The van der Waals surface area contributed by atoms with Crippen molar-refractivity contribution in [3.63, 3.8) is 0 Å². The third kappa shape index (κ3) is 3.95. The Morgan fingerprint density at radius 3 is 2.82 bits per heavy atom. The average Bonchev–Trinajstić information content (AvgIpc) is 2.92. The summed E-state index contributed by atoms with van der Waals surface area (Å²) in [7, 11) is 2.05. The lowest BCUT2D eigenvalue weighted by Gasteiger charge is -2.32. The summed E-state index contributed by atoms with van der Waals surface area (Å²) >= 11 is 0. The lowest BCUT2D eigenvalue weighted by Crippen LogP contribution is -2.35. The predicted molar refractivity (Wildman–Crippen MR) is 85.9 cm³/mol. The molecule has 2 heterocycles. The van der Waals surface area contributed by atoms with E-state index in [9.17, 15) is 4.39 Å². The molecule has 1 saturated heterocycles. The Morgan fingerprint density at radius 2 is 2.09 bits per heavy atom. The number of rotatable bonds is 5. The first-order valence-corrected chi connectivity index (χ1v) is 8.14. The highest BCUT2D eigenvalue weighted by molar-refractivity contribution is 5.16. The summed E-state index contributed by atoms with van der Waals surface area (Å²) in [5.74, 6) is 1.72. The van der Waals surface area contributed by atoms with Crippen LogP contribution in [0.4, 0.5) is 4.39 Å². The Hall–Kier alpha value is -1.68. The van der Waals surface area contributed by atoms with E-state index in [0.717, 1.165) is 31.3 Å². The lowest BCUT2D eigenvalue weighted by atomic mass is 9.91. The number of likely N-dealkylation sites (tertiary alicyclic amines) is 1. The summed E-state index contributed by atoms with van der Waals surface area (Å²) in [5.41, 5.74) is 1.24. The van der Waals surface area contributed by atoms with Crippen molar-refractivity contribution in [3.8, 4) is 0 Å². The van der Waals surface area contributed by atoms with E-state index in [1.807, 2.05) is 24.5 Å². The molecule has 22 heavy (non-hydrogen) atoms. The van der Waals surface area contributed by atoms with Crippen LogP contribution in [-0.2, 0) is 20.0 Å². The zero-order valence-electron chi connectivity index (χ0n) is 13.2. The van der Waals surface area contributed by atoms with Gasteiger partial charge in [0.2, 0.25) is 0 Å². The molecule has 0 bridgehead atoms. The highest BCUT2D eigenvalue weighted by atomic mass is 19.1. The summed E-state index contributed by atoms with van der Waals surface area (Å²) in [4.78, 5) is 6.94. The fourth-order valence-corrected chi connectivity index (χ4v) is 3.30. The molecular weight excluding hydrogens is 277 g/mol. The second kappa shape index (κ2) is 7.05. The van der Waals surface area contributed by atoms with Gasteiger partial charge in [0.05, 0.1) is 6.54 Å². The van der Waals surface area contributed by atoms with Crippen molar-refractivity contribution in [3.05, 3.63) is 53.9 Å². The largest absolute Gasteiger partial charge is 0.337 e. The van der Waals surface area contributed by atoms with Crippen LogP contribution in [-0.4, -0.2) is 27.5 Å². The molecule has 0 spiro atoms. The predicted octanol–water partition coefficient (Wildman–Crippen LogP) is 3.40. The SMILES string of the molecule is Cn1ccnc1CN1CCC[C@H](CCc2ccc(F)cc2)C1. The maximum absolute atomic E-state index is 12.9. The summed E-state index contributed by atoms with van der Waals surface area (Å²) in [6, 6.07) is 6.93. The van der Waals surface area contributed by atoms with Crippen LogP contribution in [0.3, 0.4) is 0 Å². The first-order valence-electron chi connectivity index (χ1n) is 8.14. The lowest BCUT2D eigenvalue weighted by molar-refractivity contribution is 0.157. The number of aryl methyl sites for hydroxylation is 2. The first kappa shape index (κ1) is 15.2. The molecule has 118 valence electrons. The van der Waals surface area contributed by atoms with Gasteiger partial charge in [-0.3, -0.25) is 4.90 Å². The van der Waals surface area contributed by atoms with Crippen molar-refractivity contribution in [2.75, 3.05) is 13.1 Å². The number of benzene rings is 1. The molecule has 1 aromatic heterocycles. The van der Waals surface area contributed by atoms with Crippen LogP contribution < -0.4 is 0 Å². The van der Waals surface area contributed by atoms with E-state index in [0.29, 0.717) is 0 Å². The van der Waals surface area contributed by atoms with Crippen molar-refractivity contribution in [1.82, 2.24) is 14.5 Å². The smallest absolute Gasteiger partial charge is 0.123 e. The van der Waals surface area contributed by atoms with E-state index >= 15 is 0 Å². The summed E-state index contributed by atoms with van der Waals surface area (Å²) in [6.07, 6.45) is 8.66. The summed E-state index contributed by atoms with van der Waals surface area (Å²) < 4.78 is 15.0. The van der Waals surface area contributed by atoms with Gasteiger partial charge in [0.15, 0.2) is 0 Å². The monoisotopic (exact) mass is 301 g/mol. The van der Waals surface area contributed by atoms with Gasteiger partial charge in [-0.05, 0) is 55.8 Å². The second-order valence-electron chi connectivity index (χ2n) is 6.36. The second-order valence-corrected chi connectivity index (χ2v) is 6.36. The summed E-state index contributed by atoms with van der Waals surface area (Å²) in [6.45, 7) is 3.25. The van der Waals surface area contributed by atoms with Crippen LogP contribution >= 0.6 is 0 Å². The van der Waals surface area contributed by atoms with Crippen LogP contribution in [0.2, 0.25) is 0 Å². The minimum atomic E-state index is -0.150. The third-order valence-corrected chi connectivity index (χ3v) is 4.64. The molecule has 4 heteroatoms. The third-order valence-electron chi connectivity index (χ3n) is 4.64. The number of hydrogen-bond donors (Lipinski definition) is 0. The minimum absolute atomic E-state index is 0.150. The van der Waals surface area contributed by atoms with E-state index in [4.69, 9.17) is 0 Å². The van der Waals surface area contributed by atoms with Gasteiger partial charge >= 0.3 is 0 Å². The fraction of sp³-hybridized carbons (Fsp3) is 0.500. The number of aromatic nitrogens is 2. The zero-order chi connectivity index (χ0) is 15.4. The van der Waals surface area contributed by atoms with Gasteiger partial charge in [0, 0.05) is 26.0 Å². The number of imidazole rings is 1. The molecule has 0 radical (unpaired) electrons. The zero-order valence-corrected chi connectivity index (χ0v) is 13.2. The van der Waals surface area contributed by atoms with Crippen LogP contribution in [0.15, 0.2) is 36.7 Å². The Kier molecular flexibility index (Phi) is 4.88. The maximum Gasteiger partial charge on any atom is 0.123 e. The van der Waals surface area contributed by atoms with E-state index in [2.05, 4.69) is 21.5 Å². The molecule has 1 atom stereocenters. The molecule has 0 aliphatic carbocycles. The topological polar surface area (TPSA) is 21.1 Å².